The maximum atomic E-state index is 10.9. The van der Waals surface area contributed by atoms with Crippen LogP contribution in [0.4, 0.5) is 0 Å². The van der Waals surface area contributed by atoms with E-state index in [9.17, 15) is 9.90 Å². The number of ether oxygens (including phenoxy) is 4. The minimum atomic E-state index is -0.771. The van der Waals surface area contributed by atoms with E-state index in [1.807, 2.05) is 33.8 Å². The van der Waals surface area contributed by atoms with E-state index in [1.54, 1.807) is 0 Å². The van der Waals surface area contributed by atoms with E-state index < -0.39 is 12.1 Å². The molecule has 1 aliphatic rings. The van der Waals surface area contributed by atoms with Crippen LogP contribution in [0, 0.1) is 11.8 Å². The van der Waals surface area contributed by atoms with Gasteiger partial charge in [-0.15, -0.1) is 0 Å². The molecule has 7 heteroatoms. The van der Waals surface area contributed by atoms with Gasteiger partial charge < -0.3 is 29.2 Å². The smallest absolute Gasteiger partial charge is 0.303 e. The summed E-state index contributed by atoms with van der Waals surface area (Å²) in [6.07, 6.45) is 14.2. The number of hydrogen-bond acceptors (Lipinski definition) is 6. The molecule has 7 atom stereocenters. The Kier molecular flexibility index (Phi) is 17.2. The van der Waals surface area contributed by atoms with E-state index in [0.29, 0.717) is 32.5 Å². The van der Waals surface area contributed by atoms with Gasteiger partial charge in [0.15, 0.2) is 12.6 Å². The average Bonchev–Trinajstić information content (AvgIpc) is 3.08. The SMILES string of the molecule is CCCCC[C@@H](C=C[C@@H]1[C@@H](CC=CCCCC(=O)O)[C@@H](O)C[C@H]1OC(C)OCC)OC(C)OCC. The molecule has 0 spiro atoms. The van der Waals surface area contributed by atoms with Crippen LogP contribution in [-0.4, -0.2) is 60.3 Å². The van der Waals surface area contributed by atoms with Crippen molar-refractivity contribution >= 4 is 5.97 Å². The molecule has 1 saturated carbocycles. The second kappa shape index (κ2) is 18.9. The monoisotopic (exact) mass is 498 g/mol. The molecular weight excluding hydrogens is 448 g/mol. The number of aliphatic hydroxyl groups excluding tert-OH is 1. The van der Waals surface area contributed by atoms with E-state index in [4.69, 9.17) is 24.1 Å². The number of aliphatic carboxylic acids is 1. The molecule has 2 N–H and O–H groups in total. The molecule has 1 rings (SSSR count). The van der Waals surface area contributed by atoms with Crippen molar-refractivity contribution in [1.82, 2.24) is 0 Å². The second-order valence-electron chi connectivity index (χ2n) is 9.31. The molecule has 0 heterocycles. The lowest BCUT2D eigenvalue weighted by Gasteiger charge is -2.26. The second-order valence-corrected chi connectivity index (χ2v) is 9.31. The Morgan fingerprint density at radius 1 is 1.03 bits per heavy atom. The van der Waals surface area contributed by atoms with E-state index in [1.165, 1.54) is 0 Å². The van der Waals surface area contributed by atoms with E-state index in [-0.39, 0.29) is 43.0 Å². The lowest BCUT2D eigenvalue weighted by Crippen LogP contribution is -2.27. The topological polar surface area (TPSA) is 94.5 Å². The number of hydrogen-bond donors (Lipinski definition) is 2. The van der Waals surface area contributed by atoms with Crippen molar-refractivity contribution in [3.8, 4) is 0 Å². The van der Waals surface area contributed by atoms with Gasteiger partial charge in [-0.05, 0) is 59.3 Å². The summed E-state index contributed by atoms with van der Waals surface area (Å²) >= 11 is 0. The van der Waals surface area contributed by atoms with Crippen LogP contribution < -0.4 is 0 Å². The lowest BCUT2D eigenvalue weighted by molar-refractivity contribution is -0.163. The Bertz CT molecular complexity index is 606. The molecule has 0 aromatic carbocycles. The minimum Gasteiger partial charge on any atom is -0.481 e. The van der Waals surface area contributed by atoms with Gasteiger partial charge in [0.05, 0.1) is 18.3 Å². The zero-order chi connectivity index (χ0) is 26.1. The normalized spacial score (nSPS) is 25.4. The number of aliphatic hydroxyl groups is 1. The van der Waals surface area contributed by atoms with E-state index in [2.05, 4.69) is 25.2 Å². The third-order valence-corrected chi connectivity index (χ3v) is 6.40. The van der Waals surface area contributed by atoms with Crippen LogP contribution in [0.5, 0.6) is 0 Å². The van der Waals surface area contributed by atoms with Crippen LogP contribution >= 0.6 is 0 Å². The van der Waals surface area contributed by atoms with Gasteiger partial charge in [-0.1, -0.05) is 50.5 Å². The third kappa shape index (κ3) is 13.6. The first kappa shape index (κ1) is 31.8. The fraction of sp³-hybridized carbons (Fsp3) is 0.821. The highest BCUT2D eigenvalue weighted by molar-refractivity contribution is 5.66. The molecule has 1 aliphatic carbocycles. The van der Waals surface area contributed by atoms with Crippen molar-refractivity contribution in [3.63, 3.8) is 0 Å². The number of carboxylic acid groups (broad SMARTS) is 1. The van der Waals surface area contributed by atoms with Gasteiger partial charge in [-0.3, -0.25) is 4.79 Å². The predicted molar refractivity (Wildman–Crippen MR) is 138 cm³/mol. The summed E-state index contributed by atoms with van der Waals surface area (Å²) in [5.74, 6) is -0.731. The van der Waals surface area contributed by atoms with Gasteiger partial charge in [0, 0.05) is 32.0 Å². The van der Waals surface area contributed by atoms with Gasteiger partial charge >= 0.3 is 5.97 Å². The van der Waals surface area contributed by atoms with Gasteiger partial charge in [-0.2, -0.15) is 0 Å². The number of allylic oxidation sites excluding steroid dienone is 2. The lowest BCUT2D eigenvalue weighted by atomic mass is 9.89. The molecular formula is C28H50O7. The van der Waals surface area contributed by atoms with Crippen LogP contribution in [0.15, 0.2) is 24.3 Å². The Labute approximate surface area is 212 Å². The molecule has 0 aliphatic heterocycles. The quantitative estimate of drug-likeness (QED) is 0.123. The van der Waals surface area contributed by atoms with Crippen LogP contribution in [0.2, 0.25) is 0 Å². The minimum absolute atomic E-state index is 0.0152. The maximum Gasteiger partial charge on any atom is 0.303 e. The first-order chi connectivity index (χ1) is 16.8. The summed E-state index contributed by atoms with van der Waals surface area (Å²) < 4.78 is 23.6. The molecule has 1 fully saturated rings. The first-order valence-electron chi connectivity index (χ1n) is 13.6. The summed E-state index contributed by atoms with van der Waals surface area (Å²) in [6, 6.07) is 0. The average molecular weight is 499 g/mol. The van der Waals surface area contributed by atoms with Crippen LogP contribution in [0.1, 0.15) is 92.4 Å². The molecule has 0 aromatic rings. The molecule has 0 aromatic heterocycles. The summed E-state index contributed by atoms with van der Waals surface area (Å²) in [7, 11) is 0. The highest BCUT2D eigenvalue weighted by Gasteiger charge is 2.42. The standard InChI is InChI=1S/C28H50O7/c1-6-9-12-15-23(34-21(4)32-7-2)18-19-25-24(16-13-10-11-14-17-28(30)31)26(29)20-27(25)35-22(5)33-8-3/h10,13,18-19,21-27,29H,6-9,11-12,14-17,20H2,1-5H3,(H,30,31)/t21?,22?,23-,24+,25+,26-,27+/m0/s1. The maximum absolute atomic E-state index is 10.9. The fourth-order valence-electron chi connectivity index (χ4n) is 4.67. The molecule has 0 radical (unpaired) electrons. The van der Waals surface area contributed by atoms with Crippen LogP contribution in [0.3, 0.4) is 0 Å². The number of rotatable bonds is 20. The Morgan fingerprint density at radius 2 is 1.74 bits per heavy atom. The van der Waals surface area contributed by atoms with Crippen molar-refractivity contribution in [2.75, 3.05) is 13.2 Å². The zero-order valence-electron chi connectivity index (χ0n) is 22.6. The first-order valence-corrected chi connectivity index (χ1v) is 13.6. The predicted octanol–water partition coefficient (Wildman–Crippen LogP) is 5.86. The van der Waals surface area contributed by atoms with Crippen LogP contribution in [-0.2, 0) is 23.7 Å². The van der Waals surface area contributed by atoms with Crippen molar-refractivity contribution in [2.45, 2.75) is 123 Å². The Morgan fingerprint density at radius 3 is 2.40 bits per heavy atom. The number of unbranched alkanes of at least 4 members (excludes halogenated alkanes) is 3. The highest BCUT2D eigenvalue weighted by atomic mass is 16.7. The summed E-state index contributed by atoms with van der Waals surface area (Å²) in [4.78, 5) is 10.7. The third-order valence-electron chi connectivity index (χ3n) is 6.40. The van der Waals surface area contributed by atoms with Gasteiger partial charge in [0.1, 0.15) is 0 Å². The summed E-state index contributed by atoms with van der Waals surface area (Å²) in [5.41, 5.74) is 0. The fourth-order valence-corrected chi connectivity index (χ4v) is 4.67. The molecule has 204 valence electrons. The molecule has 7 nitrogen and oxygen atoms in total. The van der Waals surface area contributed by atoms with Crippen LogP contribution in [0.25, 0.3) is 0 Å². The zero-order valence-corrected chi connectivity index (χ0v) is 22.6. The Balaban J connectivity index is 2.94. The Hall–Kier alpha value is -1.25. The molecule has 0 saturated heterocycles. The van der Waals surface area contributed by atoms with E-state index in [0.717, 1.165) is 32.1 Å². The van der Waals surface area contributed by atoms with Crippen molar-refractivity contribution in [3.05, 3.63) is 24.3 Å². The molecule has 0 amide bonds. The summed E-state index contributed by atoms with van der Waals surface area (Å²) in [6.45, 7) is 11.1. The molecule has 0 bridgehead atoms. The van der Waals surface area contributed by atoms with Gasteiger partial charge in [-0.25, -0.2) is 0 Å². The highest BCUT2D eigenvalue weighted by Crippen LogP contribution is 2.39. The molecule has 2 unspecified atom stereocenters. The largest absolute Gasteiger partial charge is 0.481 e. The van der Waals surface area contributed by atoms with Gasteiger partial charge in [0.2, 0.25) is 0 Å². The van der Waals surface area contributed by atoms with E-state index >= 15 is 0 Å². The number of carboxylic acids is 1. The van der Waals surface area contributed by atoms with Crippen molar-refractivity contribution in [2.24, 2.45) is 11.8 Å². The number of carbonyl (C=O) groups is 1. The molecule has 35 heavy (non-hydrogen) atoms. The van der Waals surface area contributed by atoms with Gasteiger partial charge in [0.25, 0.3) is 0 Å². The summed E-state index contributed by atoms with van der Waals surface area (Å²) in [5, 5.41) is 19.7. The van der Waals surface area contributed by atoms with Crippen molar-refractivity contribution in [1.29, 1.82) is 0 Å². The van der Waals surface area contributed by atoms with Crippen molar-refractivity contribution < 1.29 is 34.0 Å².